The van der Waals surface area contributed by atoms with Crippen molar-refractivity contribution >= 4 is 23.3 Å². The second-order valence-corrected chi connectivity index (χ2v) is 4.38. The molecule has 1 fully saturated rings. The Bertz CT molecular complexity index is 393. The van der Waals surface area contributed by atoms with Crippen molar-refractivity contribution in [3.63, 3.8) is 0 Å². The summed E-state index contributed by atoms with van der Waals surface area (Å²) in [5.41, 5.74) is 0. The van der Waals surface area contributed by atoms with Crippen LogP contribution in [-0.4, -0.2) is 40.4 Å². The fourth-order valence-electron chi connectivity index (χ4n) is 1.85. The van der Waals surface area contributed by atoms with Gasteiger partial charge in [0.05, 0.1) is 0 Å². The van der Waals surface area contributed by atoms with E-state index in [1.807, 2.05) is 4.90 Å². The summed E-state index contributed by atoms with van der Waals surface area (Å²) in [4.78, 5) is 21.4. The van der Waals surface area contributed by atoms with Gasteiger partial charge in [0.2, 0.25) is 5.91 Å². The molecule has 0 radical (unpaired) electrons. The van der Waals surface area contributed by atoms with Crippen molar-refractivity contribution in [2.75, 3.05) is 25.0 Å². The Morgan fingerprint density at radius 3 is 2.88 bits per heavy atom. The average Bonchev–Trinajstić information content (AvgIpc) is 2.82. The highest BCUT2D eigenvalue weighted by Gasteiger charge is 2.16. The molecule has 2 heterocycles. The maximum Gasteiger partial charge on any atom is 0.224 e. The van der Waals surface area contributed by atoms with Gasteiger partial charge in [-0.3, -0.25) is 4.79 Å². The minimum absolute atomic E-state index is 0.204. The number of aromatic nitrogens is 2. The number of rotatable bonds is 4. The van der Waals surface area contributed by atoms with Gasteiger partial charge in [-0.25, -0.2) is 9.97 Å². The number of hydrogen-bond donors (Lipinski definition) is 1. The SMILES string of the molecule is O=C(CCNc1cc(Cl)ncn1)N1CCCC1. The minimum Gasteiger partial charge on any atom is -0.369 e. The van der Waals surface area contributed by atoms with E-state index >= 15 is 0 Å². The van der Waals surface area contributed by atoms with Crippen LogP contribution in [0.5, 0.6) is 0 Å². The van der Waals surface area contributed by atoms with E-state index in [0.717, 1.165) is 25.9 Å². The van der Waals surface area contributed by atoms with Gasteiger partial charge in [0.15, 0.2) is 0 Å². The third-order valence-electron chi connectivity index (χ3n) is 2.74. The molecule has 1 saturated heterocycles. The summed E-state index contributed by atoms with van der Waals surface area (Å²) in [6.07, 6.45) is 4.13. The zero-order chi connectivity index (χ0) is 12.1. The molecule has 92 valence electrons. The van der Waals surface area contributed by atoms with Crippen molar-refractivity contribution in [1.29, 1.82) is 0 Å². The molecule has 0 saturated carbocycles. The molecule has 2 rings (SSSR count). The number of likely N-dealkylation sites (tertiary alicyclic amines) is 1. The summed E-state index contributed by atoms with van der Waals surface area (Å²) >= 11 is 5.72. The molecule has 6 heteroatoms. The summed E-state index contributed by atoms with van der Waals surface area (Å²) in [5, 5.41) is 3.45. The van der Waals surface area contributed by atoms with E-state index in [0.29, 0.717) is 23.9 Å². The second-order valence-electron chi connectivity index (χ2n) is 3.99. The molecule has 5 nitrogen and oxygen atoms in total. The molecular weight excluding hydrogens is 240 g/mol. The highest BCUT2D eigenvalue weighted by Crippen LogP contribution is 2.10. The lowest BCUT2D eigenvalue weighted by molar-refractivity contribution is -0.129. The Kier molecular flexibility index (Phi) is 4.14. The maximum atomic E-state index is 11.7. The number of nitrogens with zero attached hydrogens (tertiary/aromatic N) is 3. The molecule has 17 heavy (non-hydrogen) atoms. The van der Waals surface area contributed by atoms with Crippen LogP contribution in [0.1, 0.15) is 19.3 Å². The van der Waals surface area contributed by atoms with Gasteiger partial charge in [-0.15, -0.1) is 0 Å². The number of nitrogens with one attached hydrogen (secondary N) is 1. The summed E-state index contributed by atoms with van der Waals surface area (Å²) in [7, 11) is 0. The van der Waals surface area contributed by atoms with Crippen molar-refractivity contribution in [3.05, 3.63) is 17.5 Å². The first kappa shape index (κ1) is 12.1. The molecule has 1 aliphatic rings. The molecular formula is C11H15ClN4O. The van der Waals surface area contributed by atoms with E-state index in [2.05, 4.69) is 15.3 Å². The Morgan fingerprint density at radius 2 is 2.18 bits per heavy atom. The summed E-state index contributed by atoms with van der Waals surface area (Å²) in [6, 6.07) is 1.64. The van der Waals surface area contributed by atoms with Crippen molar-refractivity contribution < 1.29 is 4.79 Å². The Hall–Kier alpha value is -1.36. The molecule has 1 aromatic heterocycles. The molecule has 0 aromatic carbocycles. The van der Waals surface area contributed by atoms with Crippen molar-refractivity contribution in [3.8, 4) is 0 Å². The number of carbonyl (C=O) groups excluding carboxylic acids is 1. The summed E-state index contributed by atoms with van der Waals surface area (Å²) in [5.74, 6) is 0.856. The quantitative estimate of drug-likeness (QED) is 0.829. The first-order chi connectivity index (χ1) is 8.25. The predicted molar refractivity (Wildman–Crippen MR) is 66.0 cm³/mol. The standard InChI is InChI=1S/C11H15ClN4O/c12-9-7-10(15-8-14-9)13-4-3-11(17)16-5-1-2-6-16/h7-8H,1-6H2,(H,13,14,15). The van der Waals surface area contributed by atoms with Gasteiger partial charge in [0, 0.05) is 32.1 Å². The third-order valence-corrected chi connectivity index (χ3v) is 2.94. The van der Waals surface area contributed by atoms with Crippen LogP contribution in [0.4, 0.5) is 5.82 Å². The Morgan fingerprint density at radius 1 is 1.41 bits per heavy atom. The van der Waals surface area contributed by atoms with Crippen LogP contribution < -0.4 is 5.32 Å². The molecule has 1 aromatic rings. The molecule has 0 bridgehead atoms. The van der Waals surface area contributed by atoms with Crippen molar-refractivity contribution in [1.82, 2.24) is 14.9 Å². The lowest BCUT2D eigenvalue weighted by Crippen LogP contribution is -2.29. The van der Waals surface area contributed by atoms with E-state index in [9.17, 15) is 4.79 Å². The van der Waals surface area contributed by atoms with Crippen molar-refractivity contribution in [2.24, 2.45) is 0 Å². The van der Waals surface area contributed by atoms with E-state index in [4.69, 9.17) is 11.6 Å². The van der Waals surface area contributed by atoms with Crippen LogP contribution in [0.15, 0.2) is 12.4 Å². The van der Waals surface area contributed by atoms with Crippen LogP contribution in [0, 0.1) is 0 Å². The van der Waals surface area contributed by atoms with Gasteiger partial charge in [-0.2, -0.15) is 0 Å². The minimum atomic E-state index is 0.204. The maximum absolute atomic E-state index is 11.7. The van der Waals surface area contributed by atoms with Crippen molar-refractivity contribution in [2.45, 2.75) is 19.3 Å². The van der Waals surface area contributed by atoms with Crippen LogP contribution in [0.3, 0.4) is 0 Å². The van der Waals surface area contributed by atoms with Crippen LogP contribution in [0.2, 0.25) is 5.15 Å². The molecule has 1 amide bonds. The van der Waals surface area contributed by atoms with Gasteiger partial charge in [0.1, 0.15) is 17.3 Å². The van der Waals surface area contributed by atoms with Gasteiger partial charge < -0.3 is 10.2 Å². The zero-order valence-corrected chi connectivity index (χ0v) is 10.3. The van der Waals surface area contributed by atoms with Crippen LogP contribution in [0.25, 0.3) is 0 Å². The number of amides is 1. The molecule has 1 aliphatic heterocycles. The van der Waals surface area contributed by atoms with Crippen LogP contribution in [-0.2, 0) is 4.79 Å². The first-order valence-corrected chi connectivity index (χ1v) is 6.13. The van der Waals surface area contributed by atoms with E-state index < -0.39 is 0 Å². The third kappa shape index (κ3) is 3.56. The fraction of sp³-hybridized carbons (Fsp3) is 0.545. The first-order valence-electron chi connectivity index (χ1n) is 5.75. The Labute approximate surface area is 105 Å². The number of hydrogen-bond acceptors (Lipinski definition) is 4. The largest absolute Gasteiger partial charge is 0.369 e. The topological polar surface area (TPSA) is 58.1 Å². The lowest BCUT2D eigenvalue weighted by Gasteiger charge is -2.15. The highest BCUT2D eigenvalue weighted by molar-refractivity contribution is 6.29. The second kappa shape index (κ2) is 5.82. The van der Waals surface area contributed by atoms with Gasteiger partial charge in [-0.05, 0) is 12.8 Å². The summed E-state index contributed by atoms with van der Waals surface area (Å²) < 4.78 is 0. The fourth-order valence-corrected chi connectivity index (χ4v) is 2.00. The highest BCUT2D eigenvalue weighted by atomic mass is 35.5. The number of carbonyl (C=O) groups is 1. The van der Waals surface area contributed by atoms with Gasteiger partial charge in [0.25, 0.3) is 0 Å². The van der Waals surface area contributed by atoms with Crippen LogP contribution >= 0.6 is 11.6 Å². The average molecular weight is 255 g/mol. The Balaban J connectivity index is 1.73. The monoisotopic (exact) mass is 254 g/mol. The lowest BCUT2D eigenvalue weighted by atomic mass is 10.3. The van der Waals surface area contributed by atoms with E-state index in [1.165, 1.54) is 6.33 Å². The molecule has 0 aliphatic carbocycles. The molecule has 1 N–H and O–H groups in total. The van der Waals surface area contributed by atoms with Gasteiger partial charge in [-0.1, -0.05) is 11.6 Å². The number of anilines is 1. The van der Waals surface area contributed by atoms with E-state index in [1.54, 1.807) is 6.07 Å². The zero-order valence-electron chi connectivity index (χ0n) is 9.53. The van der Waals surface area contributed by atoms with E-state index in [-0.39, 0.29) is 5.91 Å². The van der Waals surface area contributed by atoms with Gasteiger partial charge >= 0.3 is 0 Å². The molecule has 0 atom stereocenters. The number of halogens is 1. The molecule has 0 unspecified atom stereocenters. The normalized spacial score (nSPS) is 15.0. The molecule has 0 spiro atoms. The predicted octanol–water partition coefficient (Wildman–Crippen LogP) is 1.55. The summed E-state index contributed by atoms with van der Waals surface area (Å²) in [6.45, 7) is 2.37. The smallest absolute Gasteiger partial charge is 0.224 e.